The Kier molecular flexibility index (Phi) is 5.04. The third kappa shape index (κ3) is 3.83. The number of aromatic amines is 1. The normalized spacial score (nSPS) is 14.9. The smallest absolute Gasteiger partial charge is 0.216 e. The lowest BCUT2D eigenvalue weighted by atomic mass is 10.1. The van der Waals surface area contributed by atoms with Crippen molar-refractivity contribution in [1.82, 2.24) is 20.6 Å². The van der Waals surface area contributed by atoms with Gasteiger partial charge >= 0.3 is 0 Å². The van der Waals surface area contributed by atoms with E-state index in [-0.39, 0.29) is 17.2 Å². The van der Waals surface area contributed by atoms with Crippen molar-refractivity contribution in [3.05, 3.63) is 35.8 Å². The van der Waals surface area contributed by atoms with Crippen LogP contribution in [0.4, 0.5) is 11.4 Å². The van der Waals surface area contributed by atoms with Crippen LogP contribution in [0.1, 0.15) is 42.4 Å². The van der Waals surface area contributed by atoms with E-state index in [0.717, 1.165) is 18.8 Å². The lowest BCUT2D eigenvalue weighted by Gasteiger charge is -2.29. The molecule has 3 rings (SSSR count). The summed E-state index contributed by atoms with van der Waals surface area (Å²) in [4.78, 5) is 14.4. The minimum Gasteiger partial charge on any atom is -0.372 e. The molecule has 1 saturated heterocycles. The van der Waals surface area contributed by atoms with Crippen LogP contribution < -0.4 is 10.2 Å². The summed E-state index contributed by atoms with van der Waals surface area (Å²) in [5, 5.41) is 25.5. The van der Waals surface area contributed by atoms with Gasteiger partial charge in [-0.2, -0.15) is 10.5 Å². The zero-order chi connectivity index (χ0) is 17.6. The summed E-state index contributed by atoms with van der Waals surface area (Å²) < 4.78 is 0. The van der Waals surface area contributed by atoms with Gasteiger partial charge in [-0.15, -0.1) is 10.2 Å². The van der Waals surface area contributed by atoms with Crippen molar-refractivity contribution in [3.8, 4) is 6.07 Å². The minimum atomic E-state index is -0.0344. The Hall–Kier alpha value is -3.21. The van der Waals surface area contributed by atoms with E-state index in [1.807, 2.05) is 24.3 Å². The summed E-state index contributed by atoms with van der Waals surface area (Å²) in [6.07, 6.45) is 5.09. The van der Waals surface area contributed by atoms with Crippen LogP contribution in [0.15, 0.2) is 24.4 Å². The molecule has 0 unspecified atom stereocenters. The molecular weight excluding hydrogens is 318 g/mol. The molecule has 8 nitrogen and oxygen atoms in total. The van der Waals surface area contributed by atoms with Gasteiger partial charge in [-0.25, -0.2) is 0 Å². The first kappa shape index (κ1) is 16.6. The number of benzene rings is 1. The Morgan fingerprint density at radius 1 is 1.36 bits per heavy atom. The number of nitrogens with one attached hydrogen (secondary N) is 2. The number of hydrogen-bond acceptors (Lipinski definition) is 7. The number of hydrogen-bond donors (Lipinski definition) is 2. The van der Waals surface area contributed by atoms with E-state index in [2.05, 4.69) is 30.8 Å². The first-order chi connectivity index (χ1) is 12.2. The van der Waals surface area contributed by atoms with Crippen molar-refractivity contribution in [3.63, 3.8) is 0 Å². The monoisotopic (exact) mass is 337 g/mol. The predicted molar refractivity (Wildman–Crippen MR) is 93.9 cm³/mol. The number of piperidine rings is 1. The Bertz CT molecular complexity index is 814. The fourth-order valence-corrected chi connectivity index (χ4v) is 2.87. The number of carbonyl (C=O) groups excluding carboxylic acids is 1. The molecule has 0 atom stereocenters. The molecule has 1 aromatic heterocycles. The van der Waals surface area contributed by atoms with Gasteiger partial charge in [-0.3, -0.25) is 4.79 Å². The van der Waals surface area contributed by atoms with Crippen molar-refractivity contribution < 1.29 is 4.79 Å². The molecule has 0 bridgehead atoms. The minimum absolute atomic E-state index is 0.0344. The van der Waals surface area contributed by atoms with E-state index < -0.39 is 0 Å². The number of allylic oxidation sites excluding steroid dienone is 1. The molecule has 128 valence electrons. The quantitative estimate of drug-likeness (QED) is 0.636. The van der Waals surface area contributed by atoms with Crippen LogP contribution >= 0.6 is 0 Å². The largest absolute Gasteiger partial charge is 0.372 e. The molecule has 2 aromatic rings. The molecule has 1 aromatic carbocycles. The van der Waals surface area contributed by atoms with Gasteiger partial charge in [0, 0.05) is 36.2 Å². The van der Waals surface area contributed by atoms with Crippen molar-refractivity contribution in [2.45, 2.75) is 26.2 Å². The van der Waals surface area contributed by atoms with Crippen LogP contribution in [-0.2, 0) is 0 Å². The summed E-state index contributed by atoms with van der Waals surface area (Å²) in [6, 6.07) is 7.77. The molecule has 2 heterocycles. The highest BCUT2D eigenvalue weighted by atomic mass is 16.1. The van der Waals surface area contributed by atoms with E-state index in [0.29, 0.717) is 11.3 Å². The Morgan fingerprint density at radius 2 is 2.16 bits per heavy atom. The molecule has 0 radical (unpaired) electrons. The average molecular weight is 337 g/mol. The number of aromatic nitrogens is 4. The molecule has 8 heteroatoms. The van der Waals surface area contributed by atoms with Crippen LogP contribution in [0.5, 0.6) is 0 Å². The molecule has 0 aliphatic carbocycles. The van der Waals surface area contributed by atoms with Crippen molar-refractivity contribution in [2.75, 3.05) is 23.3 Å². The van der Waals surface area contributed by atoms with Gasteiger partial charge in [-0.1, -0.05) is 0 Å². The van der Waals surface area contributed by atoms with E-state index in [1.165, 1.54) is 32.4 Å². The number of anilines is 2. The number of nitrogens with zero attached hydrogens (tertiary/aromatic N) is 5. The molecule has 0 spiro atoms. The van der Waals surface area contributed by atoms with Gasteiger partial charge in [0.05, 0.1) is 0 Å². The lowest BCUT2D eigenvalue weighted by Crippen LogP contribution is -2.29. The first-order valence-electron chi connectivity index (χ1n) is 8.19. The second-order valence-corrected chi connectivity index (χ2v) is 5.88. The van der Waals surface area contributed by atoms with E-state index >= 15 is 0 Å². The molecule has 1 aliphatic rings. The maximum Gasteiger partial charge on any atom is 0.216 e. The summed E-state index contributed by atoms with van der Waals surface area (Å²) in [5.41, 5.74) is 2.51. The SMILES string of the molecule is CC(=O)c1cc(N2CCCCC2)ccc1NC=C(C#N)c1nn[nH]n1. The van der Waals surface area contributed by atoms with E-state index in [9.17, 15) is 10.1 Å². The molecule has 0 amide bonds. The highest BCUT2D eigenvalue weighted by Crippen LogP contribution is 2.26. The van der Waals surface area contributed by atoms with Crippen LogP contribution in [0, 0.1) is 11.3 Å². The van der Waals surface area contributed by atoms with Crippen LogP contribution in [0.3, 0.4) is 0 Å². The molecule has 0 saturated carbocycles. The number of tetrazole rings is 1. The van der Waals surface area contributed by atoms with Gasteiger partial charge < -0.3 is 10.2 Å². The van der Waals surface area contributed by atoms with Crippen LogP contribution in [-0.4, -0.2) is 39.5 Å². The zero-order valence-corrected chi connectivity index (χ0v) is 14.0. The summed E-state index contributed by atoms with van der Waals surface area (Å²) in [7, 11) is 0. The number of carbonyl (C=O) groups is 1. The molecule has 2 N–H and O–H groups in total. The third-order valence-corrected chi connectivity index (χ3v) is 4.18. The van der Waals surface area contributed by atoms with Gasteiger partial charge in [0.2, 0.25) is 5.82 Å². The molecule has 1 aliphatic heterocycles. The van der Waals surface area contributed by atoms with Crippen molar-refractivity contribution in [1.29, 1.82) is 5.26 Å². The van der Waals surface area contributed by atoms with Crippen LogP contribution in [0.2, 0.25) is 0 Å². The molecule has 25 heavy (non-hydrogen) atoms. The Morgan fingerprint density at radius 3 is 2.80 bits per heavy atom. The Labute approximate surface area is 145 Å². The molecular formula is C17H19N7O. The number of ketones is 1. The summed E-state index contributed by atoms with van der Waals surface area (Å²) in [5.74, 6) is 0.164. The lowest BCUT2D eigenvalue weighted by molar-refractivity contribution is 0.101. The van der Waals surface area contributed by atoms with E-state index in [4.69, 9.17) is 0 Å². The summed E-state index contributed by atoms with van der Waals surface area (Å²) >= 11 is 0. The van der Waals surface area contributed by atoms with Gasteiger partial charge in [0.25, 0.3) is 0 Å². The highest BCUT2D eigenvalue weighted by Gasteiger charge is 2.15. The number of nitriles is 1. The maximum absolute atomic E-state index is 12.1. The fourth-order valence-electron chi connectivity index (χ4n) is 2.87. The third-order valence-electron chi connectivity index (χ3n) is 4.18. The van der Waals surface area contributed by atoms with Gasteiger partial charge in [-0.05, 0) is 49.6 Å². The zero-order valence-electron chi connectivity index (χ0n) is 14.0. The van der Waals surface area contributed by atoms with Gasteiger partial charge in [0.1, 0.15) is 11.6 Å². The number of H-pyrrole nitrogens is 1. The molecule has 1 fully saturated rings. The van der Waals surface area contributed by atoms with Crippen LogP contribution in [0.25, 0.3) is 5.57 Å². The number of Topliss-reactive ketones (excluding diaryl/α,β-unsaturated/α-hetero) is 1. The second-order valence-electron chi connectivity index (χ2n) is 5.88. The summed E-state index contributed by atoms with van der Waals surface area (Å²) in [6.45, 7) is 3.56. The highest BCUT2D eigenvalue weighted by molar-refractivity contribution is 6.01. The van der Waals surface area contributed by atoms with Gasteiger partial charge in [0.15, 0.2) is 5.78 Å². The standard InChI is InChI=1S/C17H19N7O/c1-12(25)15-9-14(24-7-3-2-4-8-24)5-6-16(15)19-11-13(10-18)17-20-22-23-21-17/h5-6,9,11,19H,2-4,7-8H2,1H3,(H,20,21,22,23). The Balaban J connectivity index is 1.85. The van der Waals surface area contributed by atoms with Crippen molar-refractivity contribution >= 4 is 22.7 Å². The van der Waals surface area contributed by atoms with E-state index in [1.54, 1.807) is 0 Å². The fraction of sp³-hybridized carbons (Fsp3) is 0.353. The number of rotatable bonds is 5. The first-order valence-corrected chi connectivity index (χ1v) is 8.19. The maximum atomic E-state index is 12.1. The second kappa shape index (κ2) is 7.57. The average Bonchev–Trinajstić information content (AvgIpc) is 3.17. The predicted octanol–water partition coefficient (Wildman–Crippen LogP) is 2.37. The van der Waals surface area contributed by atoms with Crippen molar-refractivity contribution in [2.24, 2.45) is 0 Å². The topological polar surface area (TPSA) is 111 Å².